The standard InChI is InChI=1S/C18H19N5O/c1-13-8-17(24)22-18(21-13)15-5-3-4-14(9-15)11-23(2)12-16-10-19-6-7-20-16/h3-10H,11-12H2,1-2H3,(H,21,22,24). The van der Waals surface area contributed by atoms with Gasteiger partial charge in [-0.1, -0.05) is 18.2 Å². The van der Waals surface area contributed by atoms with E-state index in [1.54, 1.807) is 18.6 Å². The molecule has 0 saturated carbocycles. The quantitative estimate of drug-likeness (QED) is 0.779. The molecular formula is C18H19N5O. The summed E-state index contributed by atoms with van der Waals surface area (Å²) >= 11 is 0. The average molecular weight is 321 g/mol. The molecule has 0 aliphatic rings. The summed E-state index contributed by atoms with van der Waals surface area (Å²) in [6.45, 7) is 3.30. The van der Waals surface area contributed by atoms with Crippen LogP contribution >= 0.6 is 0 Å². The molecule has 2 aromatic heterocycles. The van der Waals surface area contributed by atoms with Crippen LogP contribution in [0.1, 0.15) is 17.0 Å². The number of hydrogen-bond acceptors (Lipinski definition) is 5. The van der Waals surface area contributed by atoms with Crippen molar-refractivity contribution in [3.05, 3.63) is 76.2 Å². The lowest BCUT2D eigenvalue weighted by molar-refractivity contribution is 0.314. The molecule has 1 aromatic carbocycles. The number of H-pyrrole nitrogens is 1. The molecule has 0 fully saturated rings. The van der Waals surface area contributed by atoms with Crippen molar-refractivity contribution in [2.45, 2.75) is 20.0 Å². The van der Waals surface area contributed by atoms with Crippen molar-refractivity contribution in [3.8, 4) is 11.4 Å². The first-order chi connectivity index (χ1) is 11.6. The van der Waals surface area contributed by atoms with E-state index in [4.69, 9.17) is 0 Å². The Morgan fingerprint density at radius 2 is 2.04 bits per heavy atom. The van der Waals surface area contributed by atoms with Crippen LogP contribution in [0.4, 0.5) is 0 Å². The maximum absolute atomic E-state index is 11.6. The van der Waals surface area contributed by atoms with Gasteiger partial charge in [-0.2, -0.15) is 0 Å². The van der Waals surface area contributed by atoms with Gasteiger partial charge in [-0.25, -0.2) is 4.98 Å². The van der Waals surface area contributed by atoms with Gasteiger partial charge in [0.2, 0.25) is 0 Å². The summed E-state index contributed by atoms with van der Waals surface area (Å²) in [7, 11) is 2.04. The Morgan fingerprint density at radius 1 is 1.17 bits per heavy atom. The molecule has 0 saturated heterocycles. The summed E-state index contributed by atoms with van der Waals surface area (Å²) in [5.41, 5.74) is 3.55. The van der Waals surface area contributed by atoms with E-state index < -0.39 is 0 Å². The molecule has 2 heterocycles. The minimum Gasteiger partial charge on any atom is -0.307 e. The molecule has 0 atom stereocenters. The Kier molecular flexibility index (Phi) is 4.77. The minimum atomic E-state index is -0.136. The number of hydrogen-bond donors (Lipinski definition) is 1. The van der Waals surface area contributed by atoms with Gasteiger partial charge in [0.25, 0.3) is 5.56 Å². The highest BCUT2D eigenvalue weighted by Crippen LogP contribution is 2.17. The predicted octanol–water partition coefficient (Wildman–Crippen LogP) is 2.17. The number of aryl methyl sites for hydroxylation is 1. The van der Waals surface area contributed by atoms with Crippen LogP contribution in [0.15, 0.2) is 53.7 Å². The third-order valence-corrected chi connectivity index (χ3v) is 3.57. The molecule has 6 heteroatoms. The second-order valence-electron chi connectivity index (χ2n) is 5.80. The van der Waals surface area contributed by atoms with E-state index >= 15 is 0 Å². The molecular weight excluding hydrogens is 302 g/mol. The van der Waals surface area contributed by atoms with Gasteiger partial charge in [0.15, 0.2) is 0 Å². The summed E-state index contributed by atoms with van der Waals surface area (Å²) in [5.74, 6) is 0.596. The minimum absolute atomic E-state index is 0.136. The fourth-order valence-electron chi connectivity index (χ4n) is 2.59. The third kappa shape index (κ3) is 4.11. The molecule has 24 heavy (non-hydrogen) atoms. The normalized spacial score (nSPS) is 11.0. The molecule has 3 rings (SSSR count). The van der Waals surface area contributed by atoms with Crippen LogP contribution in [-0.4, -0.2) is 31.9 Å². The number of aromatic nitrogens is 4. The van der Waals surface area contributed by atoms with Crippen molar-refractivity contribution in [2.24, 2.45) is 0 Å². The molecule has 6 nitrogen and oxygen atoms in total. The summed E-state index contributed by atoms with van der Waals surface area (Å²) < 4.78 is 0. The van der Waals surface area contributed by atoms with Crippen LogP contribution < -0.4 is 5.56 Å². The van der Waals surface area contributed by atoms with Crippen LogP contribution in [0.25, 0.3) is 11.4 Å². The molecule has 3 aromatic rings. The van der Waals surface area contributed by atoms with Gasteiger partial charge in [-0.05, 0) is 25.6 Å². The monoisotopic (exact) mass is 321 g/mol. The summed E-state index contributed by atoms with van der Waals surface area (Å²) in [6, 6.07) is 9.52. The summed E-state index contributed by atoms with van der Waals surface area (Å²) in [4.78, 5) is 29.4. The smallest absolute Gasteiger partial charge is 0.251 e. The maximum Gasteiger partial charge on any atom is 0.251 e. The SMILES string of the molecule is Cc1cc(=O)[nH]c(-c2cccc(CN(C)Cc3cnccn3)c2)n1. The molecule has 0 aliphatic heterocycles. The zero-order valence-electron chi connectivity index (χ0n) is 13.7. The van der Waals surface area contributed by atoms with Crippen LogP contribution in [0.3, 0.4) is 0 Å². The molecule has 0 spiro atoms. The second-order valence-corrected chi connectivity index (χ2v) is 5.80. The lowest BCUT2D eigenvalue weighted by Gasteiger charge is -2.16. The predicted molar refractivity (Wildman–Crippen MR) is 92.2 cm³/mol. The van der Waals surface area contributed by atoms with E-state index in [0.717, 1.165) is 29.9 Å². The van der Waals surface area contributed by atoms with Crippen LogP contribution in [0.5, 0.6) is 0 Å². The first kappa shape index (κ1) is 16.0. The van der Waals surface area contributed by atoms with Crippen molar-refractivity contribution in [3.63, 3.8) is 0 Å². The van der Waals surface area contributed by atoms with Crippen LogP contribution in [-0.2, 0) is 13.1 Å². The summed E-state index contributed by atoms with van der Waals surface area (Å²) in [6.07, 6.45) is 5.14. The van der Waals surface area contributed by atoms with E-state index in [2.05, 4.69) is 30.9 Å². The molecule has 0 amide bonds. The van der Waals surface area contributed by atoms with Crippen LogP contribution in [0, 0.1) is 6.92 Å². The Bertz CT molecular complexity index is 876. The van der Waals surface area contributed by atoms with Gasteiger partial charge >= 0.3 is 0 Å². The van der Waals surface area contributed by atoms with Gasteiger partial charge in [0.05, 0.1) is 5.69 Å². The van der Waals surface area contributed by atoms with Crippen molar-refractivity contribution >= 4 is 0 Å². The van der Waals surface area contributed by atoms with Gasteiger partial charge in [-0.3, -0.25) is 19.7 Å². The Labute approximate surface area is 140 Å². The Morgan fingerprint density at radius 3 is 2.79 bits per heavy atom. The lowest BCUT2D eigenvalue weighted by Crippen LogP contribution is -2.18. The van der Waals surface area contributed by atoms with Gasteiger partial charge in [0, 0.05) is 49.0 Å². The van der Waals surface area contributed by atoms with Crippen molar-refractivity contribution in [1.29, 1.82) is 0 Å². The van der Waals surface area contributed by atoms with E-state index in [1.807, 2.05) is 32.2 Å². The van der Waals surface area contributed by atoms with E-state index in [1.165, 1.54) is 6.07 Å². The number of nitrogens with one attached hydrogen (secondary N) is 1. The van der Waals surface area contributed by atoms with E-state index in [-0.39, 0.29) is 5.56 Å². The van der Waals surface area contributed by atoms with Gasteiger partial charge < -0.3 is 4.98 Å². The number of rotatable bonds is 5. The van der Waals surface area contributed by atoms with Gasteiger partial charge in [-0.15, -0.1) is 0 Å². The number of benzene rings is 1. The lowest BCUT2D eigenvalue weighted by atomic mass is 10.1. The highest BCUT2D eigenvalue weighted by Gasteiger charge is 2.06. The van der Waals surface area contributed by atoms with Crippen molar-refractivity contribution < 1.29 is 0 Å². The molecule has 0 aliphatic carbocycles. The number of aromatic amines is 1. The van der Waals surface area contributed by atoms with Crippen molar-refractivity contribution in [2.75, 3.05) is 7.05 Å². The second kappa shape index (κ2) is 7.14. The molecule has 0 bridgehead atoms. The average Bonchev–Trinajstić information content (AvgIpc) is 2.55. The molecule has 0 radical (unpaired) electrons. The Balaban J connectivity index is 1.76. The zero-order valence-corrected chi connectivity index (χ0v) is 13.7. The first-order valence-electron chi connectivity index (χ1n) is 7.71. The molecule has 122 valence electrons. The molecule has 1 N–H and O–H groups in total. The third-order valence-electron chi connectivity index (χ3n) is 3.57. The van der Waals surface area contributed by atoms with Crippen LogP contribution in [0.2, 0.25) is 0 Å². The first-order valence-corrected chi connectivity index (χ1v) is 7.71. The summed E-state index contributed by atoms with van der Waals surface area (Å²) in [5, 5.41) is 0. The highest BCUT2D eigenvalue weighted by atomic mass is 16.1. The Hall–Kier alpha value is -2.86. The van der Waals surface area contributed by atoms with Gasteiger partial charge in [0.1, 0.15) is 5.82 Å². The van der Waals surface area contributed by atoms with E-state index in [9.17, 15) is 4.79 Å². The zero-order chi connectivity index (χ0) is 16.9. The van der Waals surface area contributed by atoms with Crippen molar-refractivity contribution in [1.82, 2.24) is 24.8 Å². The molecule has 0 unspecified atom stereocenters. The largest absolute Gasteiger partial charge is 0.307 e. The highest BCUT2D eigenvalue weighted by molar-refractivity contribution is 5.55. The topological polar surface area (TPSA) is 74.8 Å². The number of nitrogens with zero attached hydrogens (tertiary/aromatic N) is 4. The fourth-order valence-corrected chi connectivity index (χ4v) is 2.59. The maximum atomic E-state index is 11.6. The fraction of sp³-hybridized carbons (Fsp3) is 0.222. The van der Waals surface area contributed by atoms with E-state index in [0.29, 0.717) is 11.5 Å².